The molecule has 0 atom stereocenters. The van der Waals surface area contributed by atoms with Gasteiger partial charge in [-0.1, -0.05) is 36.4 Å². The molecule has 0 aliphatic carbocycles. The molecular formula is C32H39N3O4. The van der Waals surface area contributed by atoms with Gasteiger partial charge < -0.3 is 20.1 Å². The molecule has 2 aromatic carbocycles. The van der Waals surface area contributed by atoms with Gasteiger partial charge in [0.2, 0.25) is 5.88 Å². The van der Waals surface area contributed by atoms with Crippen molar-refractivity contribution in [3.05, 3.63) is 83.0 Å². The standard InChI is InChI=1S/C32H39N3O4/c1-31(2,17-19-34-29-8-6-7-26(22-36)28(29)23-37)38-20-18-32(3,4)39-30-16-13-25(21-35-30)10-9-24-11-14-27(33-5)15-12-24/h6-16,21-23,33-34H,17-20H2,1-5H3/b10-9+. The Balaban J connectivity index is 1.44. The molecule has 2 N–H and O–H groups in total. The molecule has 3 rings (SSSR count). The number of pyridine rings is 1. The molecular weight excluding hydrogens is 490 g/mol. The minimum Gasteiger partial charge on any atom is -0.472 e. The summed E-state index contributed by atoms with van der Waals surface area (Å²) in [5.41, 5.74) is 3.76. The monoisotopic (exact) mass is 529 g/mol. The first-order valence-electron chi connectivity index (χ1n) is 13.2. The van der Waals surface area contributed by atoms with E-state index in [1.165, 1.54) is 0 Å². The van der Waals surface area contributed by atoms with Crippen molar-refractivity contribution in [2.45, 2.75) is 51.7 Å². The first-order chi connectivity index (χ1) is 18.6. The SMILES string of the molecule is CNc1ccc(/C=C/c2ccc(OC(C)(C)CCOC(C)(C)CCNc3cccc(C=O)c3C=O)nc2)cc1. The Morgan fingerprint density at radius 3 is 2.21 bits per heavy atom. The quantitative estimate of drug-likeness (QED) is 0.210. The minimum absolute atomic E-state index is 0.377. The number of carbonyl (C=O) groups is 2. The van der Waals surface area contributed by atoms with Crippen LogP contribution in [0.4, 0.5) is 11.4 Å². The molecule has 3 aromatic rings. The second kappa shape index (κ2) is 13.7. The number of aromatic nitrogens is 1. The van der Waals surface area contributed by atoms with E-state index in [4.69, 9.17) is 9.47 Å². The van der Waals surface area contributed by atoms with Crippen LogP contribution < -0.4 is 15.4 Å². The Hall–Kier alpha value is -3.97. The second-order valence-corrected chi connectivity index (χ2v) is 10.6. The predicted molar refractivity (Wildman–Crippen MR) is 159 cm³/mol. The van der Waals surface area contributed by atoms with E-state index in [1.807, 2.05) is 65.1 Å². The van der Waals surface area contributed by atoms with Crippen molar-refractivity contribution in [2.75, 3.05) is 30.8 Å². The number of aldehydes is 2. The maximum atomic E-state index is 11.4. The van der Waals surface area contributed by atoms with Gasteiger partial charge in [0, 0.05) is 54.8 Å². The first-order valence-corrected chi connectivity index (χ1v) is 13.2. The average molecular weight is 530 g/mol. The van der Waals surface area contributed by atoms with Crippen LogP contribution in [0, 0.1) is 0 Å². The van der Waals surface area contributed by atoms with Crippen LogP contribution in [0.15, 0.2) is 60.8 Å². The summed E-state index contributed by atoms with van der Waals surface area (Å²) in [6.07, 6.45) is 8.69. The van der Waals surface area contributed by atoms with Crippen molar-refractivity contribution in [1.29, 1.82) is 0 Å². The summed E-state index contributed by atoms with van der Waals surface area (Å²) >= 11 is 0. The van der Waals surface area contributed by atoms with E-state index >= 15 is 0 Å². The average Bonchev–Trinajstić information content (AvgIpc) is 2.92. The Morgan fingerprint density at radius 1 is 0.846 bits per heavy atom. The predicted octanol–water partition coefficient (Wildman–Crippen LogP) is 6.76. The fourth-order valence-corrected chi connectivity index (χ4v) is 3.95. The molecule has 7 nitrogen and oxygen atoms in total. The zero-order chi connectivity index (χ0) is 28.3. The number of nitrogens with one attached hydrogen (secondary N) is 2. The van der Waals surface area contributed by atoms with Crippen LogP contribution >= 0.6 is 0 Å². The van der Waals surface area contributed by atoms with E-state index in [-0.39, 0.29) is 5.60 Å². The molecule has 0 amide bonds. The summed E-state index contributed by atoms with van der Waals surface area (Å²) in [5, 5.41) is 6.37. The summed E-state index contributed by atoms with van der Waals surface area (Å²) in [6, 6.07) is 17.3. The molecule has 0 fully saturated rings. The van der Waals surface area contributed by atoms with Gasteiger partial charge in [-0.2, -0.15) is 0 Å². The fourth-order valence-electron chi connectivity index (χ4n) is 3.95. The lowest BCUT2D eigenvalue weighted by Gasteiger charge is -2.30. The third kappa shape index (κ3) is 9.37. The normalized spacial score (nSPS) is 11.8. The van der Waals surface area contributed by atoms with E-state index in [0.29, 0.717) is 61.3 Å². The number of benzene rings is 2. The van der Waals surface area contributed by atoms with Crippen LogP contribution in [-0.2, 0) is 4.74 Å². The highest BCUT2D eigenvalue weighted by atomic mass is 16.5. The highest BCUT2D eigenvalue weighted by Crippen LogP contribution is 2.23. The van der Waals surface area contributed by atoms with Crippen LogP contribution in [0.3, 0.4) is 0 Å². The highest BCUT2D eigenvalue weighted by Gasteiger charge is 2.24. The van der Waals surface area contributed by atoms with Gasteiger partial charge in [0.25, 0.3) is 0 Å². The van der Waals surface area contributed by atoms with E-state index < -0.39 is 5.60 Å². The summed E-state index contributed by atoms with van der Waals surface area (Å²) in [4.78, 5) is 27.1. The van der Waals surface area contributed by atoms with Crippen LogP contribution in [0.25, 0.3) is 12.2 Å². The number of carbonyl (C=O) groups excluding carboxylic acids is 2. The lowest BCUT2D eigenvalue weighted by atomic mass is 10.0. The number of ether oxygens (including phenoxy) is 2. The molecule has 206 valence electrons. The van der Waals surface area contributed by atoms with Gasteiger partial charge in [0.15, 0.2) is 12.6 Å². The smallest absolute Gasteiger partial charge is 0.213 e. The lowest BCUT2D eigenvalue weighted by Crippen LogP contribution is -2.34. The van der Waals surface area contributed by atoms with Crippen molar-refractivity contribution in [1.82, 2.24) is 4.98 Å². The minimum atomic E-state index is -0.456. The molecule has 7 heteroatoms. The van der Waals surface area contributed by atoms with Crippen LogP contribution in [0.5, 0.6) is 5.88 Å². The summed E-state index contributed by atoms with van der Waals surface area (Å²) in [7, 11) is 1.90. The number of hydrogen-bond acceptors (Lipinski definition) is 7. The molecule has 0 radical (unpaired) electrons. The van der Waals surface area contributed by atoms with Gasteiger partial charge in [-0.3, -0.25) is 9.59 Å². The molecule has 0 bridgehead atoms. The molecule has 0 saturated heterocycles. The topological polar surface area (TPSA) is 89.5 Å². The summed E-state index contributed by atoms with van der Waals surface area (Å²) < 4.78 is 12.3. The Bertz CT molecular complexity index is 1250. The van der Waals surface area contributed by atoms with Gasteiger partial charge in [0.1, 0.15) is 5.60 Å². The molecule has 39 heavy (non-hydrogen) atoms. The number of rotatable bonds is 15. The van der Waals surface area contributed by atoms with Crippen LogP contribution in [0.2, 0.25) is 0 Å². The van der Waals surface area contributed by atoms with E-state index in [9.17, 15) is 9.59 Å². The number of anilines is 2. The molecule has 0 aliphatic rings. The van der Waals surface area contributed by atoms with Crippen molar-refractivity contribution < 1.29 is 19.1 Å². The van der Waals surface area contributed by atoms with Gasteiger partial charge in [0.05, 0.1) is 12.2 Å². The Kier molecular flexibility index (Phi) is 10.4. The molecule has 1 heterocycles. The third-order valence-corrected chi connectivity index (χ3v) is 6.43. The molecule has 0 unspecified atom stereocenters. The van der Waals surface area contributed by atoms with Crippen LogP contribution in [0.1, 0.15) is 72.4 Å². The maximum absolute atomic E-state index is 11.4. The lowest BCUT2D eigenvalue weighted by molar-refractivity contribution is -0.0436. The van der Waals surface area contributed by atoms with Crippen molar-refractivity contribution >= 4 is 36.1 Å². The van der Waals surface area contributed by atoms with Gasteiger partial charge >= 0.3 is 0 Å². The highest BCUT2D eigenvalue weighted by molar-refractivity contribution is 5.95. The van der Waals surface area contributed by atoms with Crippen molar-refractivity contribution in [2.24, 2.45) is 0 Å². The largest absolute Gasteiger partial charge is 0.472 e. The third-order valence-electron chi connectivity index (χ3n) is 6.43. The maximum Gasteiger partial charge on any atom is 0.213 e. The Labute approximate surface area is 231 Å². The number of nitrogens with zero attached hydrogens (tertiary/aromatic N) is 1. The summed E-state index contributed by atoms with van der Waals surface area (Å²) in [5.74, 6) is 0.572. The molecule has 0 spiro atoms. The van der Waals surface area contributed by atoms with Gasteiger partial charge in [-0.25, -0.2) is 4.98 Å². The van der Waals surface area contributed by atoms with E-state index in [2.05, 4.69) is 33.8 Å². The van der Waals surface area contributed by atoms with E-state index in [0.717, 1.165) is 16.8 Å². The second-order valence-electron chi connectivity index (χ2n) is 10.6. The van der Waals surface area contributed by atoms with Crippen molar-refractivity contribution in [3.63, 3.8) is 0 Å². The van der Waals surface area contributed by atoms with Crippen molar-refractivity contribution in [3.8, 4) is 5.88 Å². The zero-order valence-electron chi connectivity index (χ0n) is 23.5. The zero-order valence-corrected chi connectivity index (χ0v) is 23.5. The summed E-state index contributed by atoms with van der Waals surface area (Å²) in [6.45, 7) is 9.24. The molecule has 1 aromatic heterocycles. The fraction of sp³-hybridized carbons (Fsp3) is 0.344. The molecule has 0 aliphatic heterocycles. The molecule has 0 saturated carbocycles. The van der Waals surface area contributed by atoms with Gasteiger partial charge in [-0.05, 0) is 69.5 Å². The Morgan fingerprint density at radius 2 is 1.56 bits per heavy atom. The number of hydrogen-bond donors (Lipinski definition) is 2. The van der Waals surface area contributed by atoms with Gasteiger partial charge in [-0.15, -0.1) is 0 Å². The van der Waals surface area contributed by atoms with Crippen LogP contribution in [-0.4, -0.2) is 49.0 Å². The first kappa shape index (κ1) is 29.6. The van der Waals surface area contributed by atoms with E-state index in [1.54, 1.807) is 24.4 Å².